The number of para-hydroxylation sites is 1. The zero-order valence-corrected chi connectivity index (χ0v) is 16.1. The number of piperidine rings is 1. The summed E-state index contributed by atoms with van der Waals surface area (Å²) in [6.07, 6.45) is 3.56. The summed E-state index contributed by atoms with van der Waals surface area (Å²) in [7, 11) is 1.63. The van der Waals surface area contributed by atoms with Crippen molar-refractivity contribution in [3.05, 3.63) is 71.9 Å². The van der Waals surface area contributed by atoms with Gasteiger partial charge in [-0.15, -0.1) is 0 Å². The highest BCUT2D eigenvalue weighted by Crippen LogP contribution is 2.24. The van der Waals surface area contributed by atoms with Gasteiger partial charge in [-0.05, 0) is 30.5 Å². The monoisotopic (exact) mass is 375 g/mol. The smallest absolute Gasteiger partial charge is 0.253 e. The van der Waals surface area contributed by atoms with Crippen LogP contribution in [0.15, 0.2) is 60.8 Å². The van der Waals surface area contributed by atoms with E-state index < -0.39 is 0 Å². The Bertz CT molecular complexity index is 950. The van der Waals surface area contributed by atoms with E-state index in [1.807, 2.05) is 30.3 Å². The minimum atomic E-state index is -0.0567. The maximum Gasteiger partial charge on any atom is 0.253 e. The summed E-state index contributed by atoms with van der Waals surface area (Å²) in [5, 5.41) is 4.08. The minimum absolute atomic E-state index is 0.0567. The molecule has 0 bridgehead atoms. The Morgan fingerprint density at radius 1 is 1.14 bits per heavy atom. The number of carbonyl (C=O) groups excluding carboxylic acids is 1. The van der Waals surface area contributed by atoms with Crippen LogP contribution in [-0.4, -0.2) is 42.0 Å². The van der Waals surface area contributed by atoms with Crippen molar-refractivity contribution in [2.75, 3.05) is 20.2 Å². The first-order chi connectivity index (χ1) is 13.7. The standard InChI is InChI=1S/C23H25N3O2/c1-28-21-9-5-8-18-14-19(15-24-22(18)21)23(27)25-20-10-12-26(13-11-20)16-17-6-3-2-4-7-17/h2-9,14-15,20H,10-13,16H2,1H3,(H,25,27). The van der Waals surface area contributed by atoms with Crippen molar-refractivity contribution in [1.29, 1.82) is 0 Å². The fraction of sp³-hybridized carbons (Fsp3) is 0.304. The molecule has 1 N–H and O–H groups in total. The second-order valence-corrected chi connectivity index (χ2v) is 7.27. The van der Waals surface area contributed by atoms with Gasteiger partial charge in [-0.25, -0.2) is 0 Å². The molecule has 4 rings (SSSR count). The van der Waals surface area contributed by atoms with Crippen molar-refractivity contribution in [3.63, 3.8) is 0 Å². The number of ether oxygens (including phenoxy) is 1. The molecule has 1 aromatic heterocycles. The normalized spacial score (nSPS) is 15.5. The number of pyridine rings is 1. The number of hydrogen-bond acceptors (Lipinski definition) is 4. The summed E-state index contributed by atoms with van der Waals surface area (Å²) in [6.45, 7) is 2.96. The molecule has 28 heavy (non-hydrogen) atoms. The van der Waals surface area contributed by atoms with Crippen LogP contribution in [0.1, 0.15) is 28.8 Å². The average Bonchev–Trinajstić information content (AvgIpc) is 2.75. The summed E-state index contributed by atoms with van der Waals surface area (Å²) >= 11 is 0. The van der Waals surface area contributed by atoms with Crippen LogP contribution in [0.3, 0.4) is 0 Å². The maximum absolute atomic E-state index is 12.7. The largest absolute Gasteiger partial charge is 0.494 e. The number of carbonyl (C=O) groups is 1. The van der Waals surface area contributed by atoms with Gasteiger partial charge in [0.1, 0.15) is 11.3 Å². The number of amides is 1. The van der Waals surface area contributed by atoms with Gasteiger partial charge in [0.25, 0.3) is 5.91 Å². The second-order valence-electron chi connectivity index (χ2n) is 7.27. The lowest BCUT2D eigenvalue weighted by molar-refractivity contribution is 0.0908. The quantitative estimate of drug-likeness (QED) is 0.740. The topological polar surface area (TPSA) is 54.5 Å². The Morgan fingerprint density at radius 2 is 1.93 bits per heavy atom. The van der Waals surface area contributed by atoms with Crippen LogP contribution < -0.4 is 10.1 Å². The van der Waals surface area contributed by atoms with Crippen molar-refractivity contribution in [2.45, 2.75) is 25.4 Å². The van der Waals surface area contributed by atoms with E-state index >= 15 is 0 Å². The third kappa shape index (κ3) is 4.15. The molecule has 1 saturated heterocycles. The van der Waals surface area contributed by atoms with Gasteiger partial charge in [-0.1, -0.05) is 42.5 Å². The van der Waals surface area contributed by atoms with Gasteiger partial charge in [0, 0.05) is 37.3 Å². The van der Waals surface area contributed by atoms with E-state index in [0.717, 1.165) is 49.1 Å². The van der Waals surface area contributed by atoms with Gasteiger partial charge in [0.2, 0.25) is 0 Å². The van der Waals surface area contributed by atoms with E-state index in [0.29, 0.717) is 5.56 Å². The summed E-state index contributed by atoms with van der Waals surface area (Å²) in [5.74, 6) is 0.661. The van der Waals surface area contributed by atoms with Crippen LogP contribution >= 0.6 is 0 Å². The van der Waals surface area contributed by atoms with Crippen LogP contribution in [-0.2, 0) is 6.54 Å². The Hall–Kier alpha value is -2.92. The van der Waals surface area contributed by atoms with Crippen LogP contribution in [0.2, 0.25) is 0 Å². The first-order valence-corrected chi connectivity index (χ1v) is 9.73. The predicted molar refractivity (Wildman–Crippen MR) is 111 cm³/mol. The highest BCUT2D eigenvalue weighted by molar-refractivity contribution is 5.98. The summed E-state index contributed by atoms with van der Waals surface area (Å²) in [4.78, 5) is 19.6. The van der Waals surface area contributed by atoms with Crippen LogP contribution in [0, 0.1) is 0 Å². The first kappa shape index (κ1) is 18.4. The number of methoxy groups -OCH3 is 1. The lowest BCUT2D eigenvalue weighted by Crippen LogP contribution is -2.44. The third-order valence-corrected chi connectivity index (χ3v) is 5.33. The number of hydrogen-bond donors (Lipinski definition) is 1. The predicted octanol–water partition coefficient (Wildman–Crippen LogP) is 3.64. The Morgan fingerprint density at radius 3 is 2.68 bits per heavy atom. The summed E-state index contributed by atoms with van der Waals surface area (Å²) < 4.78 is 5.33. The molecule has 5 heteroatoms. The number of nitrogens with one attached hydrogen (secondary N) is 1. The number of rotatable bonds is 5. The average molecular weight is 375 g/mol. The number of aromatic nitrogens is 1. The molecule has 0 radical (unpaired) electrons. The van der Waals surface area contributed by atoms with Crippen molar-refractivity contribution < 1.29 is 9.53 Å². The van der Waals surface area contributed by atoms with E-state index in [2.05, 4.69) is 39.5 Å². The van der Waals surface area contributed by atoms with Crippen molar-refractivity contribution in [1.82, 2.24) is 15.2 Å². The SMILES string of the molecule is COc1cccc2cc(C(=O)NC3CCN(Cc4ccccc4)CC3)cnc12. The van der Waals surface area contributed by atoms with Gasteiger partial charge in [-0.3, -0.25) is 14.7 Å². The van der Waals surface area contributed by atoms with Crippen molar-refractivity contribution in [3.8, 4) is 5.75 Å². The summed E-state index contributed by atoms with van der Waals surface area (Å²) in [5.41, 5.74) is 2.70. The molecule has 2 aromatic carbocycles. The molecule has 1 aliphatic heterocycles. The molecule has 2 heterocycles. The Labute approximate surface area is 165 Å². The third-order valence-electron chi connectivity index (χ3n) is 5.33. The lowest BCUT2D eigenvalue weighted by Gasteiger charge is -2.32. The van der Waals surface area contributed by atoms with E-state index in [1.165, 1.54) is 5.56 Å². The van der Waals surface area contributed by atoms with Gasteiger partial charge >= 0.3 is 0 Å². The summed E-state index contributed by atoms with van der Waals surface area (Å²) in [6, 6.07) is 18.3. The fourth-order valence-electron chi connectivity index (χ4n) is 3.77. The zero-order valence-electron chi connectivity index (χ0n) is 16.1. The van der Waals surface area contributed by atoms with Crippen LogP contribution in [0.25, 0.3) is 10.9 Å². The van der Waals surface area contributed by atoms with E-state index in [4.69, 9.17) is 4.74 Å². The highest BCUT2D eigenvalue weighted by Gasteiger charge is 2.21. The van der Waals surface area contributed by atoms with E-state index in [9.17, 15) is 4.79 Å². The van der Waals surface area contributed by atoms with Crippen LogP contribution in [0.4, 0.5) is 0 Å². The van der Waals surface area contributed by atoms with Crippen LogP contribution in [0.5, 0.6) is 5.75 Å². The van der Waals surface area contributed by atoms with Gasteiger partial charge in [0.15, 0.2) is 0 Å². The number of fused-ring (bicyclic) bond motifs is 1. The van der Waals surface area contributed by atoms with Gasteiger partial charge < -0.3 is 10.1 Å². The fourth-order valence-corrected chi connectivity index (χ4v) is 3.77. The molecular formula is C23H25N3O2. The molecule has 0 atom stereocenters. The molecule has 144 valence electrons. The maximum atomic E-state index is 12.7. The van der Waals surface area contributed by atoms with E-state index in [1.54, 1.807) is 13.3 Å². The molecular weight excluding hydrogens is 350 g/mol. The molecule has 1 aliphatic rings. The molecule has 0 saturated carbocycles. The highest BCUT2D eigenvalue weighted by atomic mass is 16.5. The lowest BCUT2D eigenvalue weighted by atomic mass is 10.0. The second kappa shape index (κ2) is 8.40. The van der Waals surface area contributed by atoms with Crippen molar-refractivity contribution >= 4 is 16.8 Å². The minimum Gasteiger partial charge on any atom is -0.494 e. The molecule has 5 nitrogen and oxygen atoms in total. The number of nitrogens with zero attached hydrogens (tertiary/aromatic N) is 2. The molecule has 0 unspecified atom stereocenters. The van der Waals surface area contributed by atoms with Gasteiger partial charge in [0.05, 0.1) is 12.7 Å². The molecule has 0 spiro atoms. The molecule has 1 fully saturated rings. The Kier molecular flexibility index (Phi) is 5.53. The first-order valence-electron chi connectivity index (χ1n) is 9.73. The molecule has 1 amide bonds. The van der Waals surface area contributed by atoms with Gasteiger partial charge in [-0.2, -0.15) is 0 Å². The van der Waals surface area contributed by atoms with E-state index in [-0.39, 0.29) is 11.9 Å². The molecule has 0 aliphatic carbocycles. The Balaban J connectivity index is 1.35. The zero-order chi connectivity index (χ0) is 19.3. The van der Waals surface area contributed by atoms with Crippen molar-refractivity contribution in [2.24, 2.45) is 0 Å². The number of likely N-dealkylation sites (tertiary alicyclic amines) is 1. The number of benzene rings is 2. The molecule has 3 aromatic rings.